The van der Waals surface area contributed by atoms with E-state index >= 15 is 0 Å². The lowest BCUT2D eigenvalue weighted by molar-refractivity contribution is 0.482. The molecule has 2 atom stereocenters. The number of rotatable bonds is 5. The predicted molar refractivity (Wildman–Crippen MR) is 67.0 cm³/mol. The Balaban J connectivity index is 2.60. The molecule has 0 heterocycles. The lowest BCUT2D eigenvalue weighted by atomic mass is 10.0. The van der Waals surface area contributed by atoms with E-state index in [1.54, 1.807) is 0 Å². The molecule has 0 aliphatic rings. The van der Waals surface area contributed by atoms with Crippen LogP contribution in [0.5, 0.6) is 0 Å². The van der Waals surface area contributed by atoms with Crippen LogP contribution >= 0.6 is 0 Å². The van der Waals surface area contributed by atoms with E-state index < -0.39 is 0 Å². The SMILES string of the molecule is C=CCC(C)NC(C)c1cccc(C)c1. The van der Waals surface area contributed by atoms with Crippen molar-refractivity contribution < 1.29 is 0 Å². The monoisotopic (exact) mass is 203 g/mol. The molecule has 1 aromatic rings. The molecule has 0 bridgehead atoms. The standard InChI is InChI=1S/C14H21N/c1-5-7-12(3)15-13(4)14-9-6-8-11(2)10-14/h5-6,8-10,12-13,15H,1,7H2,2-4H3. The Kier molecular flexibility index (Phi) is 4.57. The molecule has 0 aliphatic carbocycles. The maximum atomic E-state index is 3.75. The smallest absolute Gasteiger partial charge is 0.0294 e. The van der Waals surface area contributed by atoms with E-state index in [4.69, 9.17) is 0 Å². The van der Waals surface area contributed by atoms with Crippen LogP contribution in [0.4, 0.5) is 0 Å². The Bertz CT molecular complexity index is 317. The summed E-state index contributed by atoms with van der Waals surface area (Å²) in [7, 11) is 0. The van der Waals surface area contributed by atoms with Gasteiger partial charge in [0.1, 0.15) is 0 Å². The van der Waals surface area contributed by atoms with Crippen molar-refractivity contribution >= 4 is 0 Å². The van der Waals surface area contributed by atoms with Gasteiger partial charge in [-0.2, -0.15) is 0 Å². The number of hydrogen-bond donors (Lipinski definition) is 1. The van der Waals surface area contributed by atoms with E-state index in [0.29, 0.717) is 12.1 Å². The Morgan fingerprint density at radius 1 is 1.40 bits per heavy atom. The van der Waals surface area contributed by atoms with Gasteiger partial charge in [0.15, 0.2) is 0 Å². The van der Waals surface area contributed by atoms with Gasteiger partial charge in [0.25, 0.3) is 0 Å². The molecule has 1 nitrogen and oxygen atoms in total. The summed E-state index contributed by atoms with van der Waals surface area (Å²) in [5.74, 6) is 0. The van der Waals surface area contributed by atoms with Gasteiger partial charge in [-0.1, -0.05) is 35.9 Å². The van der Waals surface area contributed by atoms with Crippen LogP contribution in [0, 0.1) is 6.92 Å². The molecule has 0 saturated heterocycles. The topological polar surface area (TPSA) is 12.0 Å². The van der Waals surface area contributed by atoms with Crippen molar-refractivity contribution in [3.05, 3.63) is 48.0 Å². The molecule has 1 aromatic carbocycles. The zero-order chi connectivity index (χ0) is 11.3. The minimum absolute atomic E-state index is 0.403. The van der Waals surface area contributed by atoms with E-state index in [0.717, 1.165) is 6.42 Å². The largest absolute Gasteiger partial charge is 0.307 e. The highest BCUT2D eigenvalue weighted by atomic mass is 14.9. The van der Waals surface area contributed by atoms with Crippen LogP contribution in [0.3, 0.4) is 0 Å². The Labute approximate surface area is 93.2 Å². The van der Waals surface area contributed by atoms with Gasteiger partial charge in [0, 0.05) is 12.1 Å². The summed E-state index contributed by atoms with van der Waals surface area (Å²) in [4.78, 5) is 0. The van der Waals surface area contributed by atoms with Crippen molar-refractivity contribution in [1.29, 1.82) is 0 Å². The molecule has 0 amide bonds. The van der Waals surface area contributed by atoms with Crippen LogP contribution in [0.15, 0.2) is 36.9 Å². The van der Waals surface area contributed by atoms with Crippen molar-refractivity contribution in [2.24, 2.45) is 0 Å². The number of benzene rings is 1. The molecule has 1 heteroatoms. The summed E-state index contributed by atoms with van der Waals surface area (Å²) < 4.78 is 0. The highest BCUT2D eigenvalue weighted by molar-refractivity contribution is 5.24. The molecule has 0 radical (unpaired) electrons. The van der Waals surface area contributed by atoms with E-state index in [2.05, 4.69) is 56.9 Å². The second-order valence-electron chi connectivity index (χ2n) is 4.23. The molecule has 0 aliphatic heterocycles. The summed E-state index contributed by atoms with van der Waals surface area (Å²) in [6, 6.07) is 9.53. The average molecular weight is 203 g/mol. The fourth-order valence-corrected chi connectivity index (χ4v) is 1.78. The summed E-state index contributed by atoms with van der Waals surface area (Å²) in [6.07, 6.45) is 2.97. The zero-order valence-electron chi connectivity index (χ0n) is 9.96. The fourth-order valence-electron chi connectivity index (χ4n) is 1.78. The lowest BCUT2D eigenvalue weighted by Gasteiger charge is -2.19. The molecule has 0 saturated carbocycles. The summed E-state index contributed by atoms with van der Waals surface area (Å²) >= 11 is 0. The third kappa shape index (κ3) is 3.88. The molecule has 0 spiro atoms. The first-order chi connectivity index (χ1) is 7.13. The van der Waals surface area contributed by atoms with Gasteiger partial charge in [0.05, 0.1) is 0 Å². The van der Waals surface area contributed by atoms with Crippen LogP contribution in [0.1, 0.15) is 37.4 Å². The van der Waals surface area contributed by atoms with Gasteiger partial charge in [-0.3, -0.25) is 0 Å². The second-order valence-corrected chi connectivity index (χ2v) is 4.23. The van der Waals surface area contributed by atoms with Crippen molar-refractivity contribution in [1.82, 2.24) is 5.32 Å². The van der Waals surface area contributed by atoms with Crippen molar-refractivity contribution in [2.45, 2.75) is 39.3 Å². The third-order valence-corrected chi connectivity index (χ3v) is 2.60. The van der Waals surface area contributed by atoms with E-state index in [-0.39, 0.29) is 0 Å². The minimum Gasteiger partial charge on any atom is -0.307 e. The molecular formula is C14H21N. The predicted octanol–water partition coefficient (Wildman–Crippen LogP) is 3.61. The van der Waals surface area contributed by atoms with Gasteiger partial charge in [-0.25, -0.2) is 0 Å². The van der Waals surface area contributed by atoms with Crippen LogP contribution in [-0.2, 0) is 0 Å². The molecular weight excluding hydrogens is 182 g/mol. The van der Waals surface area contributed by atoms with Crippen molar-refractivity contribution in [3.63, 3.8) is 0 Å². The molecule has 1 rings (SSSR count). The second kappa shape index (κ2) is 5.72. The first-order valence-corrected chi connectivity index (χ1v) is 5.57. The van der Waals surface area contributed by atoms with Gasteiger partial charge in [-0.15, -0.1) is 6.58 Å². The average Bonchev–Trinajstić information content (AvgIpc) is 2.18. The fraction of sp³-hybridized carbons (Fsp3) is 0.429. The number of hydrogen-bond acceptors (Lipinski definition) is 1. The maximum absolute atomic E-state index is 3.75. The molecule has 0 fully saturated rings. The van der Waals surface area contributed by atoms with Crippen molar-refractivity contribution in [3.8, 4) is 0 Å². The molecule has 82 valence electrons. The van der Waals surface area contributed by atoms with E-state index in [1.165, 1.54) is 11.1 Å². The van der Waals surface area contributed by atoms with Gasteiger partial charge >= 0.3 is 0 Å². The van der Waals surface area contributed by atoms with Crippen LogP contribution in [0.25, 0.3) is 0 Å². The third-order valence-electron chi connectivity index (χ3n) is 2.60. The molecule has 0 aromatic heterocycles. The van der Waals surface area contributed by atoms with Crippen molar-refractivity contribution in [2.75, 3.05) is 0 Å². The summed E-state index contributed by atoms with van der Waals surface area (Å²) in [5.41, 5.74) is 2.67. The normalized spacial score (nSPS) is 14.6. The minimum atomic E-state index is 0.403. The van der Waals surface area contributed by atoms with Crippen LogP contribution in [-0.4, -0.2) is 6.04 Å². The first kappa shape index (κ1) is 12.0. The van der Waals surface area contributed by atoms with Crippen LogP contribution < -0.4 is 5.32 Å². The quantitative estimate of drug-likeness (QED) is 0.721. The molecule has 2 unspecified atom stereocenters. The first-order valence-electron chi connectivity index (χ1n) is 5.57. The summed E-state index contributed by atoms with van der Waals surface area (Å²) in [6.45, 7) is 10.3. The summed E-state index contributed by atoms with van der Waals surface area (Å²) in [5, 5.41) is 3.55. The highest BCUT2D eigenvalue weighted by Crippen LogP contribution is 2.14. The maximum Gasteiger partial charge on any atom is 0.0294 e. The van der Waals surface area contributed by atoms with Gasteiger partial charge < -0.3 is 5.32 Å². The molecule has 15 heavy (non-hydrogen) atoms. The highest BCUT2D eigenvalue weighted by Gasteiger charge is 2.07. The molecule has 1 N–H and O–H groups in total. The number of nitrogens with one attached hydrogen (secondary N) is 1. The van der Waals surface area contributed by atoms with E-state index in [1.807, 2.05) is 6.08 Å². The van der Waals surface area contributed by atoms with Gasteiger partial charge in [0.2, 0.25) is 0 Å². The Hall–Kier alpha value is -1.08. The Morgan fingerprint density at radius 3 is 2.73 bits per heavy atom. The van der Waals surface area contributed by atoms with E-state index in [9.17, 15) is 0 Å². The zero-order valence-corrected chi connectivity index (χ0v) is 9.96. The van der Waals surface area contributed by atoms with Gasteiger partial charge in [-0.05, 0) is 32.8 Å². The number of aryl methyl sites for hydroxylation is 1. The van der Waals surface area contributed by atoms with Crippen LogP contribution in [0.2, 0.25) is 0 Å². The lowest BCUT2D eigenvalue weighted by Crippen LogP contribution is -2.28. The Morgan fingerprint density at radius 2 is 2.13 bits per heavy atom.